The predicted octanol–water partition coefficient (Wildman–Crippen LogP) is 1.34. The summed E-state index contributed by atoms with van der Waals surface area (Å²) in [5, 5.41) is 9.27. The van der Waals surface area contributed by atoms with Gasteiger partial charge in [0, 0.05) is 5.56 Å². The Morgan fingerprint density at radius 3 is 3.07 bits per heavy atom. The average Bonchev–Trinajstić information content (AvgIpc) is 2.27. The maximum absolute atomic E-state index is 11.2. The van der Waals surface area contributed by atoms with E-state index in [-0.39, 0.29) is 12.4 Å². The van der Waals surface area contributed by atoms with Gasteiger partial charge in [-0.2, -0.15) is 0 Å². The van der Waals surface area contributed by atoms with Crippen LogP contribution in [0.5, 0.6) is 11.5 Å². The number of hydrogen-bond acceptors (Lipinski definition) is 4. The first kappa shape index (κ1) is 9.58. The van der Waals surface area contributed by atoms with Gasteiger partial charge in [-0.05, 0) is 24.3 Å². The summed E-state index contributed by atoms with van der Waals surface area (Å²) in [5.74, 6) is 0.379. The van der Waals surface area contributed by atoms with Gasteiger partial charge in [0.1, 0.15) is 18.1 Å². The van der Waals surface area contributed by atoms with Crippen molar-refractivity contribution in [3.05, 3.63) is 29.3 Å². The largest absolute Gasteiger partial charge is 0.508 e. The summed E-state index contributed by atoms with van der Waals surface area (Å²) >= 11 is 0. The molecule has 0 saturated heterocycles. The Hall–Kier alpha value is -1.97. The maximum atomic E-state index is 11.2. The van der Waals surface area contributed by atoms with E-state index in [0.29, 0.717) is 16.9 Å². The number of phenols is 1. The van der Waals surface area contributed by atoms with Gasteiger partial charge < -0.3 is 14.6 Å². The fourth-order valence-electron chi connectivity index (χ4n) is 1.41. The van der Waals surface area contributed by atoms with Crippen molar-refractivity contribution in [3.63, 3.8) is 0 Å². The molecule has 0 spiro atoms. The van der Waals surface area contributed by atoms with E-state index < -0.39 is 5.97 Å². The van der Waals surface area contributed by atoms with Crippen LogP contribution in [0.25, 0.3) is 6.08 Å². The Morgan fingerprint density at radius 2 is 2.33 bits per heavy atom. The molecule has 1 aromatic rings. The third-order valence-electron chi connectivity index (χ3n) is 2.15. The Morgan fingerprint density at radius 1 is 1.53 bits per heavy atom. The van der Waals surface area contributed by atoms with Crippen LogP contribution in [-0.4, -0.2) is 24.8 Å². The van der Waals surface area contributed by atoms with E-state index >= 15 is 0 Å². The molecule has 0 unspecified atom stereocenters. The molecule has 4 nitrogen and oxygen atoms in total. The molecule has 1 heterocycles. The first-order valence-electron chi connectivity index (χ1n) is 4.45. The highest BCUT2D eigenvalue weighted by Gasteiger charge is 2.17. The summed E-state index contributed by atoms with van der Waals surface area (Å²) < 4.78 is 9.92. The van der Waals surface area contributed by atoms with Crippen molar-refractivity contribution in [1.29, 1.82) is 0 Å². The van der Waals surface area contributed by atoms with Gasteiger partial charge in [0.15, 0.2) is 0 Å². The Labute approximate surface area is 86.7 Å². The van der Waals surface area contributed by atoms with Crippen molar-refractivity contribution in [1.82, 2.24) is 0 Å². The molecule has 0 fully saturated rings. The number of fused-ring (bicyclic) bond motifs is 1. The molecule has 0 aromatic heterocycles. The fraction of sp³-hybridized carbons (Fsp3) is 0.182. The monoisotopic (exact) mass is 206 g/mol. The van der Waals surface area contributed by atoms with Crippen LogP contribution in [0.15, 0.2) is 23.8 Å². The molecule has 0 radical (unpaired) electrons. The van der Waals surface area contributed by atoms with Crippen molar-refractivity contribution in [2.24, 2.45) is 0 Å². The van der Waals surface area contributed by atoms with Crippen molar-refractivity contribution >= 4 is 12.0 Å². The van der Waals surface area contributed by atoms with Gasteiger partial charge in [-0.15, -0.1) is 0 Å². The summed E-state index contributed by atoms with van der Waals surface area (Å²) in [6, 6.07) is 4.74. The number of phenolic OH excluding ortho intramolecular Hbond substituents is 1. The molecule has 1 aromatic carbocycles. The minimum absolute atomic E-state index is 0.139. The molecule has 0 saturated carbocycles. The second-order valence-electron chi connectivity index (χ2n) is 3.17. The lowest BCUT2D eigenvalue weighted by atomic mass is 10.1. The van der Waals surface area contributed by atoms with Gasteiger partial charge in [-0.3, -0.25) is 0 Å². The lowest BCUT2D eigenvalue weighted by Gasteiger charge is -2.16. The number of benzene rings is 1. The molecule has 0 aliphatic carbocycles. The quantitative estimate of drug-likeness (QED) is 0.704. The Kier molecular flexibility index (Phi) is 2.33. The van der Waals surface area contributed by atoms with Gasteiger partial charge in [0.2, 0.25) is 0 Å². The second kappa shape index (κ2) is 3.65. The van der Waals surface area contributed by atoms with E-state index in [1.54, 1.807) is 12.1 Å². The summed E-state index contributed by atoms with van der Waals surface area (Å²) in [5.41, 5.74) is 1.12. The first-order chi connectivity index (χ1) is 7.20. The smallest absolute Gasteiger partial charge is 0.337 e. The molecule has 1 N–H and O–H groups in total. The van der Waals surface area contributed by atoms with Crippen LogP contribution >= 0.6 is 0 Å². The normalized spacial score (nSPS) is 13.5. The maximum Gasteiger partial charge on any atom is 0.337 e. The third kappa shape index (κ3) is 1.79. The molecule has 2 rings (SSSR count). The van der Waals surface area contributed by atoms with Gasteiger partial charge in [0.25, 0.3) is 0 Å². The number of carbonyl (C=O) groups is 1. The summed E-state index contributed by atoms with van der Waals surface area (Å²) in [6.07, 6.45) is 1.66. The van der Waals surface area contributed by atoms with Crippen LogP contribution in [0.1, 0.15) is 5.56 Å². The first-order valence-corrected chi connectivity index (χ1v) is 4.45. The number of ether oxygens (including phenoxy) is 2. The van der Waals surface area contributed by atoms with Crippen LogP contribution in [0.2, 0.25) is 0 Å². The van der Waals surface area contributed by atoms with E-state index in [1.807, 2.05) is 0 Å². The van der Waals surface area contributed by atoms with E-state index in [2.05, 4.69) is 4.74 Å². The third-order valence-corrected chi connectivity index (χ3v) is 2.15. The van der Waals surface area contributed by atoms with Gasteiger partial charge >= 0.3 is 5.97 Å². The number of rotatable bonds is 1. The zero-order chi connectivity index (χ0) is 10.8. The molecular formula is C11H10O4. The van der Waals surface area contributed by atoms with Crippen LogP contribution in [0.4, 0.5) is 0 Å². The highest BCUT2D eigenvalue weighted by atomic mass is 16.5. The Bertz CT molecular complexity index is 434. The van der Waals surface area contributed by atoms with Crippen molar-refractivity contribution in [2.45, 2.75) is 0 Å². The Balaban J connectivity index is 2.39. The number of carbonyl (C=O) groups excluding carboxylic acids is 1. The molecule has 1 aliphatic rings. The van der Waals surface area contributed by atoms with Crippen LogP contribution in [-0.2, 0) is 9.53 Å². The summed E-state index contributed by atoms with van der Waals surface area (Å²) in [7, 11) is 1.32. The molecule has 0 amide bonds. The fourth-order valence-corrected chi connectivity index (χ4v) is 1.41. The van der Waals surface area contributed by atoms with Crippen molar-refractivity contribution in [3.8, 4) is 11.5 Å². The lowest BCUT2D eigenvalue weighted by Crippen LogP contribution is -2.15. The molecule has 1 aliphatic heterocycles. The molecule has 0 atom stereocenters. The van der Waals surface area contributed by atoms with E-state index in [9.17, 15) is 9.90 Å². The molecule has 4 heteroatoms. The summed E-state index contributed by atoms with van der Waals surface area (Å²) in [4.78, 5) is 11.2. The van der Waals surface area contributed by atoms with Crippen LogP contribution in [0, 0.1) is 0 Å². The van der Waals surface area contributed by atoms with Gasteiger partial charge in [0.05, 0.1) is 12.7 Å². The van der Waals surface area contributed by atoms with Crippen LogP contribution in [0.3, 0.4) is 0 Å². The van der Waals surface area contributed by atoms with Gasteiger partial charge in [-0.1, -0.05) is 0 Å². The van der Waals surface area contributed by atoms with E-state index in [1.165, 1.54) is 19.2 Å². The highest BCUT2D eigenvalue weighted by Crippen LogP contribution is 2.29. The zero-order valence-electron chi connectivity index (χ0n) is 8.19. The summed E-state index contributed by atoms with van der Waals surface area (Å²) in [6.45, 7) is 0.199. The lowest BCUT2D eigenvalue weighted by molar-refractivity contribution is -0.136. The molecule has 0 bridgehead atoms. The standard InChI is InChI=1S/C11H10O4/c1-14-11(13)8-4-7-5-9(12)2-3-10(7)15-6-8/h2-5,12H,6H2,1H3. The van der Waals surface area contributed by atoms with E-state index in [4.69, 9.17) is 4.74 Å². The predicted molar refractivity (Wildman–Crippen MR) is 53.6 cm³/mol. The zero-order valence-corrected chi connectivity index (χ0v) is 8.19. The topological polar surface area (TPSA) is 55.8 Å². The number of aromatic hydroxyl groups is 1. The van der Waals surface area contributed by atoms with Crippen molar-refractivity contribution in [2.75, 3.05) is 13.7 Å². The SMILES string of the molecule is COC(=O)C1=Cc2cc(O)ccc2OC1. The number of hydrogen-bond donors (Lipinski definition) is 1. The minimum Gasteiger partial charge on any atom is -0.508 e. The number of esters is 1. The van der Waals surface area contributed by atoms with Gasteiger partial charge in [-0.25, -0.2) is 4.79 Å². The van der Waals surface area contributed by atoms with Crippen LogP contribution < -0.4 is 4.74 Å². The minimum atomic E-state index is -0.413. The van der Waals surface area contributed by atoms with Crippen molar-refractivity contribution < 1.29 is 19.4 Å². The molecule has 78 valence electrons. The highest BCUT2D eigenvalue weighted by molar-refractivity contribution is 5.95. The molecule has 15 heavy (non-hydrogen) atoms. The number of methoxy groups -OCH3 is 1. The second-order valence-corrected chi connectivity index (χ2v) is 3.17. The van der Waals surface area contributed by atoms with E-state index in [0.717, 1.165) is 0 Å². The molecular weight excluding hydrogens is 196 g/mol. The average molecular weight is 206 g/mol.